The number of H-pyrrole nitrogens is 1. The number of ether oxygens (including phenoxy) is 4. The summed E-state index contributed by atoms with van der Waals surface area (Å²) in [5.41, 5.74) is 0. The van der Waals surface area contributed by atoms with Gasteiger partial charge in [-0.25, -0.2) is 4.98 Å². The Bertz CT molecular complexity index is 696. The molecule has 0 spiro atoms. The Balaban J connectivity index is -0.0000000647. The van der Waals surface area contributed by atoms with Crippen LogP contribution in [0.1, 0.15) is 364 Å². The SMILES string of the molecule is C1CCC1.C1CCCC1.C1CCCCC1.C1CCNCC1.C1CCOC1.C1CCOCC1.C1CCOCC1.C1CCSCC1.C1COC1.CC.CC.CC.CC.CC.CC.CC.CC.CC.CC.CC.O.O=S1CCCCC1.c1c[nH]cn1. The first-order valence-electron chi connectivity index (χ1n) is 36.8. The van der Waals surface area contributed by atoms with E-state index in [9.17, 15) is 4.21 Å². The molecule has 518 valence electrons. The highest BCUT2D eigenvalue weighted by Gasteiger charge is 2.04. The van der Waals surface area contributed by atoms with Crippen LogP contribution in [0.25, 0.3) is 0 Å². The molecular weight excluding hydrogens is 1070 g/mol. The quantitative estimate of drug-likeness (QED) is 0.263. The number of rotatable bonds is 0. The normalized spacial score (nSPS) is 17.3. The van der Waals surface area contributed by atoms with Crippen molar-refractivity contribution in [1.82, 2.24) is 15.3 Å². The fraction of sp³-hybridized carbons (Fsp3) is 0.958. The lowest BCUT2D eigenvalue weighted by molar-refractivity contribution is 0.0367. The van der Waals surface area contributed by atoms with Crippen molar-refractivity contribution in [1.29, 1.82) is 0 Å². The first-order chi connectivity index (χ1) is 40.9. The second kappa shape index (κ2) is 144. The topological polar surface area (TPSA) is 126 Å². The van der Waals surface area contributed by atoms with Crippen LogP contribution < -0.4 is 5.32 Å². The van der Waals surface area contributed by atoms with Crippen LogP contribution in [0.2, 0.25) is 0 Å². The molecule has 0 aromatic carbocycles. The van der Waals surface area contributed by atoms with Crippen molar-refractivity contribution in [3.05, 3.63) is 18.7 Å². The molecule has 10 aliphatic rings. The number of hydrogen-bond donors (Lipinski definition) is 2. The van der Waals surface area contributed by atoms with E-state index in [1.54, 1.807) is 18.7 Å². The van der Waals surface area contributed by atoms with E-state index in [1.165, 1.54) is 236 Å². The van der Waals surface area contributed by atoms with E-state index in [0.29, 0.717) is 0 Å². The minimum atomic E-state index is -0.440. The molecular formula is C72H167N3O6S2. The Morgan fingerprint density at radius 2 is 0.542 bits per heavy atom. The molecule has 0 bridgehead atoms. The number of nitrogens with one attached hydrogen (secondary N) is 2. The first kappa shape index (κ1) is 110. The summed E-state index contributed by atoms with van der Waals surface area (Å²) >= 11 is 2.09. The highest BCUT2D eigenvalue weighted by molar-refractivity contribution is 7.99. The number of aromatic nitrogens is 2. The second-order valence-corrected chi connectivity index (χ2v) is 20.0. The van der Waals surface area contributed by atoms with Crippen molar-refractivity contribution < 1.29 is 28.6 Å². The summed E-state index contributed by atoms with van der Waals surface area (Å²) in [6.07, 6.45) is 51.6. The van der Waals surface area contributed by atoms with E-state index < -0.39 is 10.8 Å². The van der Waals surface area contributed by atoms with E-state index in [0.717, 1.165) is 64.4 Å². The summed E-state index contributed by atoms with van der Waals surface area (Å²) in [5.74, 6) is 4.75. The van der Waals surface area contributed by atoms with Gasteiger partial charge in [-0.2, -0.15) is 11.8 Å². The zero-order valence-electron chi connectivity index (χ0n) is 61.8. The molecule has 1 aromatic rings. The zero-order chi connectivity index (χ0) is 64.6. The van der Waals surface area contributed by atoms with Crippen LogP contribution >= 0.6 is 11.8 Å². The third-order valence-electron chi connectivity index (χ3n) is 11.2. The van der Waals surface area contributed by atoms with Gasteiger partial charge >= 0.3 is 0 Å². The fourth-order valence-corrected chi connectivity index (χ4v) is 9.01. The van der Waals surface area contributed by atoms with Crippen molar-refractivity contribution in [2.75, 3.05) is 89.0 Å². The monoisotopic (exact) mass is 1230 g/mol. The van der Waals surface area contributed by atoms with Gasteiger partial charge in [0.15, 0.2) is 0 Å². The second-order valence-electron chi connectivity index (χ2n) is 17.1. The van der Waals surface area contributed by atoms with E-state index in [4.69, 9.17) is 18.9 Å². The van der Waals surface area contributed by atoms with Crippen LogP contribution in [0.5, 0.6) is 0 Å². The number of piperidine rings is 1. The van der Waals surface area contributed by atoms with Crippen LogP contribution in [0, 0.1) is 0 Å². The molecule has 4 N–H and O–H groups in total. The van der Waals surface area contributed by atoms with Crippen LogP contribution in [0.4, 0.5) is 0 Å². The number of imidazole rings is 1. The molecule has 0 unspecified atom stereocenters. The summed E-state index contributed by atoms with van der Waals surface area (Å²) in [7, 11) is -0.440. The summed E-state index contributed by atoms with van der Waals surface area (Å²) < 4.78 is 30.4. The van der Waals surface area contributed by atoms with E-state index in [-0.39, 0.29) is 5.48 Å². The van der Waals surface area contributed by atoms with Crippen LogP contribution in [0.3, 0.4) is 0 Å². The Morgan fingerprint density at radius 1 is 0.313 bits per heavy atom. The number of aromatic amines is 1. The minimum Gasteiger partial charge on any atom is -0.412 e. The van der Waals surface area contributed by atoms with Gasteiger partial charge < -0.3 is 34.7 Å². The molecule has 10 fully saturated rings. The molecule has 3 aliphatic carbocycles. The molecule has 1 aromatic heterocycles. The Hall–Kier alpha value is -0.530. The predicted octanol–water partition coefficient (Wildman–Crippen LogP) is 23.9. The largest absolute Gasteiger partial charge is 0.412 e. The molecule has 8 heterocycles. The lowest BCUT2D eigenvalue weighted by Crippen LogP contribution is -2.21. The van der Waals surface area contributed by atoms with Gasteiger partial charge in [0.2, 0.25) is 0 Å². The molecule has 11 heteroatoms. The van der Waals surface area contributed by atoms with Crippen molar-refractivity contribution in [2.24, 2.45) is 0 Å². The molecule has 83 heavy (non-hydrogen) atoms. The van der Waals surface area contributed by atoms with Crippen LogP contribution in [-0.2, 0) is 29.7 Å². The lowest BCUT2D eigenvalue weighted by atomic mass is 10.0. The van der Waals surface area contributed by atoms with Gasteiger partial charge in [-0.1, -0.05) is 268 Å². The summed E-state index contributed by atoms with van der Waals surface area (Å²) in [6.45, 7) is 54.5. The van der Waals surface area contributed by atoms with Gasteiger partial charge in [-0.3, -0.25) is 4.21 Å². The fourth-order valence-electron chi connectivity index (χ4n) is 6.73. The maximum Gasteiger partial charge on any atom is 0.0919 e. The third kappa shape index (κ3) is 141. The summed E-state index contributed by atoms with van der Waals surface area (Å²) in [5, 5.41) is 3.28. The van der Waals surface area contributed by atoms with Gasteiger partial charge in [0, 0.05) is 87.6 Å². The molecule has 7 saturated heterocycles. The first-order valence-corrected chi connectivity index (χ1v) is 39.4. The molecule has 9 nitrogen and oxygen atoms in total. The summed E-state index contributed by atoms with van der Waals surface area (Å²) in [6, 6.07) is 0. The molecule has 3 saturated carbocycles. The number of thioether (sulfide) groups is 1. The van der Waals surface area contributed by atoms with Crippen molar-refractivity contribution in [3.63, 3.8) is 0 Å². The van der Waals surface area contributed by atoms with Crippen LogP contribution in [-0.4, -0.2) is 109 Å². The molecule has 7 aliphatic heterocycles. The highest BCUT2D eigenvalue weighted by atomic mass is 32.2. The average Bonchev–Trinajstić information content (AvgIpc) is 4.48. The third-order valence-corrected chi connectivity index (χ3v) is 13.9. The molecule has 0 amide bonds. The molecule has 0 atom stereocenters. The van der Waals surface area contributed by atoms with E-state index in [1.807, 2.05) is 152 Å². The maximum absolute atomic E-state index is 10.6. The lowest BCUT2D eigenvalue weighted by Gasteiger charge is -2.09. The Labute approximate surface area is 535 Å². The van der Waals surface area contributed by atoms with E-state index >= 15 is 0 Å². The smallest absolute Gasteiger partial charge is 0.0919 e. The van der Waals surface area contributed by atoms with Crippen molar-refractivity contribution in [3.8, 4) is 0 Å². The molecule has 0 radical (unpaired) electrons. The number of hydrogen-bond acceptors (Lipinski definition) is 8. The average molecular weight is 1240 g/mol. The van der Waals surface area contributed by atoms with Crippen molar-refractivity contribution >= 4 is 22.6 Å². The van der Waals surface area contributed by atoms with Gasteiger partial charge in [-0.15, -0.1) is 0 Å². The minimum absolute atomic E-state index is 0. The van der Waals surface area contributed by atoms with Crippen LogP contribution in [0.15, 0.2) is 18.7 Å². The Morgan fingerprint density at radius 3 is 0.639 bits per heavy atom. The number of nitrogens with zero attached hydrogens (tertiary/aromatic N) is 1. The van der Waals surface area contributed by atoms with Gasteiger partial charge in [-0.05, 0) is 121 Å². The van der Waals surface area contributed by atoms with Gasteiger partial charge in [0.25, 0.3) is 0 Å². The Kier molecular flexibility index (Phi) is 192. The predicted molar refractivity (Wildman–Crippen MR) is 391 cm³/mol. The zero-order valence-corrected chi connectivity index (χ0v) is 63.4. The van der Waals surface area contributed by atoms with Crippen molar-refractivity contribution in [2.45, 2.75) is 364 Å². The van der Waals surface area contributed by atoms with Gasteiger partial charge in [0.05, 0.1) is 6.33 Å². The highest BCUT2D eigenvalue weighted by Crippen LogP contribution is 2.17. The van der Waals surface area contributed by atoms with Gasteiger partial charge in [0.1, 0.15) is 0 Å². The van der Waals surface area contributed by atoms with E-state index in [2.05, 4.69) is 27.0 Å². The molecule has 11 rings (SSSR count). The maximum atomic E-state index is 10.6. The standard InChI is InChI=1S/C6H12.C5H11N.C5H10OS.2C5H10O.C5H10S.C5H10.C4H8O.C4H8.C3H4N2.C3H6O.11C2H6.H2O/c2*1-2-4-6-5-3-1;6-7-4-2-1-3-5-7;3*1-2-4-6-5-3-1;2*1-2-4-5-3-1;1-2-4-3-1;1-2-5-3-4-1;1-2-4-3-1;11*1-2;/h1-6H2;6H,1-5H2;1-5H2;3*1-5H2;1-5H2;1-4H2;1-4H2;1-3H,(H,4,5);1-3H2;11*1-2H3;1H2. The summed E-state index contributed by atoms with van der Waals surface area (Å²) in [4.78, 5) is 6.42.